The van der Waals surface area contributed by atoms with Gasteiger partial charge >= 0.3 is 0 Å². The van der Waals surface area contributed by atoms with Crippen LogP contribution in [0.1, 0.15) is 5.56 Å². The zero-order chi connectivity index (χ0) is 12.8. The number of nitrogens with one attached hydrogen (secondary N) is 1. The summed E-state index contributed by atoms with van der Waals surface area (Å²) in [5, 5.41) is 3.13. The summed E-state index contributed by atoms with van der Waals surface area (Å²) in [4.78, 5) is 18.2. The number of carbonyl (C=O) groups is 1. The van der Waals surface area contributed by atoms with Crippen LogP contribution in [0.4, 0.5) is 0 Å². The Morgan fingerprint density at radius 3 is 2.89 bits per heavy atom. The van der Waals surface area contributed by atoms with Gasteiger partial charge in [0.25, 0.3) is 0 Å². The van der Waals surface area contributed by atoms with Crippen molar-refractivity contribution >= 4 is 18.3 Å². The van der Waals surface area contributed by atoms with Gasteiger partial charge in [-0.3, -0.25) is 9.78 Å². The van der Waals surface area contributed by atoms with Gasteiger partial charge in [-0.1, -0.05) is 6.07 Å². The van der Waals surface area contributed by atoms with Crippen LogP contribution in [0.2, 0.25) is 0 Å². The van der Waals surface area contributed by atoms with Crippen LogP contribution in [-0.2, 0) is 16.1 Å². The lowest BCUT2D eigenvalue weighted by Crippen LogP contribution is -2.52. The molecule has 0 unspecified atom stereocenters. The monoisotopic (exact) mass is 285 g/mol. The number of halogens is 1. The molecule has 1 saturated heterocycles. The van der Waals surface area contributed by atoms with Crippen LogP contribution in [0.5, 0.6) is 0 Å². The summed E-state index contributed by atoms with van der Waals surface area (Å²) < 4.78 is 5.07. The van der Waals surface area contributed by atoms with Crippen LogP contribution >= 0.6 is 12.4 Å². The fourth-order valence-electron chi connectivity index (χ4n) is 1.90. The van der Waals surface area contributed by atoms with Crippen molar-refractivity contribution in [2.45, 2.75) is 6.54 Å². The molecular weight excluding hydrogens is 266 g/mol. The molecule has 19 heavy (non-hydrogen) atoms. The van der Waals surface area contributed by atoms with Crippen molar-refractivity contribution in [3.63, 3.8) is 0 Å². The van der Waals surface area contributed by atoms with E-state index < -0.39 is 0 Å². The van der Waals surface area contributed by atoms with Gasteiger partial charge in [0.15, 0.2) is 0 Å². The van der Waals surface area contributed by atoms with Crippen molar-refractivity contribution in [1.82, 2.24) is 15.2 Å². The lowest BCUT2D eigenvalue weighted by Gasteiger charge is -2.32. The smallest absolute Gasteiger partial charge is 0.228 e. The number of ether oxygens (including phenoxy) is 1. The third-order valence-electron chi connectivity index (χ3n) is 3.10. The first-order chi connectivity index (χ1) is 8.81. The number of hydrogen-bond acceptors (Lipinski definition) is 4. The average Bonchev–Trinajstić information content (AvgIpc) is 2.33. The number of aromatic nitrogens is 1. The van der Waals surface area contributed by atoms with Gasteiger partial charge in [0.05, 0.1) is 12.5 Å². The molecule has 1 N–H and O–H groups in total. The largest absolute Gasteiger partial charge is 0.383 e. The topological polar surface area (TPSA) is 54.5 Å². The molecule has 0 spiro atoms. The normalized spacial score (nSPS) is 14.4. The number of methoxy groups -OCH3 is 1. The van der Waals surface area contributed by atoms with E-state index in [2.05, 4.69) is 10.3 Å². The minimum Gasteiger partial charge on any atom is -0.383 e. The Labute approximate surface area is 119 Å². The number of amides is 1. The van der Waals surface area contributed by atoms with Crippen molar-refractivity contribution < 1.29 is 9.53 Å². The highest BCUT2D eigenvalue weighted by Crippen LogP contribution is 2.11. The maximum Gasteiger partial charge on any atom is 0.228 e. The number of rotatable bonds is 6. The van der Waals surface area contributed by atoms with E-state index in [0.717, 1.165) is 18.7 Å². The zero-order valence-electron chi connectivity index (χ0n) is 11.0. The fraction of sp³-hybridized carbons (Fsp3) is 0.538. The minimum atomic E-state index is 0. The first kappa shape index (κ1) is 15.9. The Morgan fingerprint density at radius 1 is 1.58 bits per heavy atom. The second-order valence-electron chi connectivity index (χ2n) is 4.47. The van der Waals surface area contributed by atoms with Gasteiger partial charge in [-0.2, -0.15) is 0 Å². The fourth-order valence-corrected chi connectivity index (χ4v) is 1.90. The van der Waals surface area contributed by atoms with Gasteiger partial charge in [-0.05, 0) is 11.6 Å². The summed E-state index contributed by atoms with van der Waals surface area (Å²) in [6.07, 6.45) is 3.53. The van der Waals surface area contributed by atoms with E-state index in [0.29, 0.717) is 19.7 Å². The molecule has 0 aromatic carbocycles. The van der Waals surface area contributed by atoms with E-state index in [1.165, 1.54) is 0 Å². The van der Waals surface area contributed by atoms with E-state index in [9.17, 15) is 4.79 Å². The molecule has 1 amide bonds. The molecule has 0 aliphatic carbocycles. The highest BCUT2D eigenvalue weighted by molar-refractivity contribution is 5.85. The van der Waals surface area contributed by atoms with E-state index in [1.807, 2.05) is 17.0 Å². The molecule has 1 aliphatic rings. The molecule has 0 bridgehead atoms. The first-order valence-corrected chi connectivity index (χ1v) is 6.18. The zero-order valence-corrected chi connectivity index (χ0v) is 11.9. The molecule has 0 saturated carbocycles. The average molecular weight is 286 g/mol. The van der Waals surface area contributed by atoms with Crippen LogP contribution in [0, 0.1) is 5.92 Å². The van der Waals surface area contributed by atoms with Crippen molar-refractivity contribution in [3.05, 3.63) is 30.1 Å². The standard InChI is InChI=1S/C13H19N3O2.ClH/c1-18-6-5-16(13(17)12-8-15-9-12)10-11-3-2-4-14-7-11;/h2-4,7,12,15H,5-6,8-10H2,1H3;1H. The third-order valence-corrected chi connectivity index (χ3v) is 3.10. The number of nitrogens with zero attached hydrogens (tertiary/aromatic N) is 2. The van der Waals surface area contributed by atoms with Gasteiger partial charge < -0.3 is 15.0 Å². The summed E-state index contributed by atoms with van der Waals surface area (Å²) in [5.41, 5.74) is 1.05. The molecule has 106 valence electrons. The summed E-state index contributed by atoms with van der Waals surface area (Å²) >= 11 is 0. The molecule has 2 heterocycles. The van der Waals surface area contributed by atoms with E-state index in [1.54, 1.807) is 19.5 Å². The maximum atomic E-state index is 12.2. The predicted octanol–water partition coefficient (Wildman–Crippen LogP) is 0.698. The predicted molar refractivity (Wildman–Crippen MR) is 75.1 cm³/mol. The van der Waals surface area contributed by atoms with Crippen LogP contribution < -0.4 is 5.32 Å². The Morgan fingerprint density at radius 2 is 2.37 bits per heavy atom. The second-order valence-corrected chi connectivity index (χ2v) is 4.47. The van der Waals surface area contributed by atoms with Crippen LogP contribution in [0.3, 0.4) is 0 Å². The molecule has 2 rings (SSSR count). The minimum absolute atomic E-state index is 0. The molecule has 1 aliphatic heterocycles. The van der Waals surface area contributed by atoms with Gasteiger partial charge in [-0.15, -0.1) is 12.4 Å². The van der Waals surface area contributed by atoms with E-state index >= 15 is 0 Å². The molecule has 0 radical (unpaired) electrons. The van der Waals surface area contributed by atoms with Gasteiger partial charge in [0, 0.05) is 45.7 Å². The Hall–Kier alpha value is -1.17. The maximum absolute atomic E-state index is 12.2. The molecule has 0 atom stereocenters. The highest BCUT2D eigenvalue weighted by Gasteiger charge is 2.29. The molecule has 1 aromatic heterocycles. The van der Waals surface area contributed by atoms with Crippen molar-refractivity contribution in [3.8, 4) is 0 Å². The molecule has 5 nitrogen and oxygen atoms in total. The SMILES string of the molecule is COCCN(Cc1cccnc1)C(=O)C1CNC1.Cl. The van der Waals surface area contributed by atoms with E-state index in [-0.39, 0.29) is 24.2 Å². The number of carbonyl (C=O) groups excluding carboxylic acids is 1. The van der Waals surface area contributed by atoms with Crippen molar-refractivity contribution in [1.29, 1.82) is 0 Å². The first-order valence-electron chi connectivity index (χ1n) is 6.18. The van der Waals surface area contributed by atoms with Gasteiger partial charge in [-0.25, -0.2) is 0 Å². The van der Waals surface area contributed by atoms with Crippen molar-refractivity contribution in [2.75, 3.05) is 33.4 Å². The summed E-state index contributed by atoms with van der Waals surface area (Å²) in [6, 6.07) is 3.87. The van der Waals surface area contributed by atoms with Crippen LogP contribution in [0.15, 0.2) is 24.5 Å². The molecule has 1 fully saturated rings. The summed E-state index contributed by atoms with van der Waals surface area (Å²) in [5.74, 6) is 0.327. The highest BCUT2D eigenvalue weighted by atomic mass is 35.5. The summed E-state index contributed by atoms with van der Waals surface area (Å²) in [6.45, 7) is 3.37. The quantitative estimate of drug-likeness (QED) is 0.836. The van der Waals surface area contributed by atoms with Gasteiger partial charge in [0.2, 0.25) is 5.91 Å². The lowest BCUT2D eigenvalue weighted by atomic mass is 10.0. The number of hydrogen-bond donors (Lipinski definition) is 1. The van der Waals surface area contributed by atoms with Crippen molar-refractivity contribution in [2.24, 2.45) is 5.92 Å². The Bertz CT molecular complexity index is 385. The lowest BCUT2D eigenvalue weighted by molar-refractivity contribution is -0.138. The summed E-state index contributed by atoms with van der Waals surface area (Å²) in [7, 11) is 1.65. The second kappa shape index (κ2) is 8.09. The Kier molecular flexibility index (Phi) is 6.77. The van der Waals surface area contributed by atoms with E-state index in [4.69, 9.17) is 4.74 Å². The molecule has 6 heteroatoms. The molecule has 1 aromatic rings. The van der Waals surface area contributed by atoms with Crippen LogP contribution in [-0.4, -0.2) is 49.1 Å². The third kappa shape index (κ3) is 4.45. The number of pyridine rings is 1. The van der Waals surface area contributed by atoms with Crippen LogP contribution in [0.25, 0.3) is 0 Å². The van der Waals surface area contributed by atoms with Gasteiger partial charge in [0.1, 0.15) is 0 Å². The molecular formula is C13H20ClN3O2. The Balaban J connectivity index is 0.00000180.